The van der Waals surface area contributed by atoms with Crippen molar-refractivity contribution in [2.45, 2.75) is 88.3 Å². The van der Waals surface area contributed by atoms with Crippen molar-refractivity contribution in [2.24, 2.45) is 0 Å². The van der Waals surface area contributed by atoms with Gasteiger partial charge in [-0.25, -0.2) is 9.97 Å². The molecule has 0 radical (unpaired) electrons. The van der Waals surface area contributed by atoms with Crippen molar-refractivity contribution in [3.05, 3.63) is 114 Å². The van der Waals surface area contributed by atoms with Gasteiger partial charge in [-0.3, -0.25) is 0 Å². The SMILES string of the molecule is COc1ccc(C(OC[C@H]2O[C@@H](n3cc4c5c(ncnc53)OCCCC4)[C@H](O[Si](C)(C)C(C)(C)C)[C@@H]2O)(c2ccccc2)c2ccc(OC)cc2)cc1. The molecule has 0 amide bonds. The van der Waals surface area contributed by atoms with Crippen LogP contribution in [0.1, 0.15) is 62.1 Å². The minimum Gasteiger partial charge on any atom is -0.497 e. The van der Waals surface area contributed by atoms with Crippen LogP contribution in [0.3, 0.4) is 0 Å². The van der Waals surface area contributed by atoms with Crippen molar-refractivity contribution >= 4 is 19.4 Å². The molecule has 280 valence electrons. The molecule has 10 nitrogen and oxygen atoms in total. The fourth-order valence-corrected chi connectivity index (χ4v) is 8.51. The molecular formula is C42H51N3O7Si. The minimum absolute atomic E-state index is 0.0530. The number of aromatic nitrogens is 3. The normalized spacial score (nSPS) is 20.8. The summed E-state index contributed by atoms with van der Waals surface area (Å²) in [6, 6.07) is 26.0. The molecule has 0 aliphatic carbocycles. The topological polar surface area (TPSA) is 106 Å². The summed E-state index contributed by atoms with van der Waals surface area (Å²) >= 11 is 0. The van der Waals surface area contributed by atoms with Crippen molar-refractivity contribution < 1.29 is 33.2 Å². The van der Waals surface area contributed by atoms with Crippen LogP contribution < -0.4 is 14.2 Å². The van der Waals surface area contributed by atoms with Crippen LogP contribution in [0.25, 0.3) is 11.0 Å². The first-order chi connectivity index (χ1) is 25.5. The molecule has 5 aromatic rings. The zero-order valence-electron chi connectivity index (χ0n) is 31.7. The molecule has 4 atom stereocenters. The molecule has 11 heteroatoms. The third-order valence-corrected chi connectivity index (χ3v) is 15.7. The first-order valence-corrected chi connectivity index (χ1v) is 21.3. The number of hydrogen-bond donors (Lipinski definition) is 1. The van der Waals surface area contributed by atoms with Crippen molar-refractivity contribution in [3.63, 3.8) is 0 Å². The Balaban J connectivity index is 1.32. The second-order valence-electron chi connectivity index (χ2n) is 15.5. The van der Waals surface area contributed by atoms with Crippen molar-refractivity contribution in [1.29, 1.82) is 0 Å². The second-order valence-corrected chi connectivity index (χ2v) is 20.2. The van der Waals surface area contributed by atoms with Crippen LogP contribution in [0.4, 0.5) is 0 Å². The van der Waals surface area contributed by atoms with Crippen LogP contribution in [-0.4, -0.2) is 73.7 Å². The van der Waals surface area contributed by atoms with E-state index in [0.717, 1.165) is 58.4 Å². The molecule has 3 aromatic carbocycles. The van der Waals surface area contributed by atoms with E-state index in [0.29, 0.717) is 18.1 Å². The maximum atomic E-state index is 12.3. The molecule has 0 saturated carbocycles. The maximum Gasteiger partial charge on any atom is 0.226 e. The predicted octanol–water partition coefficient (Wildman–Crippen LogP) is 7.82. The Hall–Kier alpha value is -4.26. The third kappa shape index (κ3) is 6.97. The number of aryl methyl sites for hydroxylation is 1. The molecule has 7 rings (SSSR count). The van der Waals surface area contributed by atoms with E-state index >= 15 is 0 Å². The quantitative estimate of drug-likeness (QED) is 0.107. The summed E-state index contributed by atoms with van der Waals surface area (Å²) in [5.41, 5.74) is 3.42. The van der Waals surface area contributed by atoms with Crippen LogP contribution in [0.15, 0.2) is 91.4 Å². The Kier molecular flexibility index (Phi) is 10.4. The molecule has 1 N–H and O–H groups in total. The number of methoxy groups -OCH3 is 2. The van der Waals surface area contributed by atoms with Gasteiger partial charge in [-0.05, 0) is 83.9 Å². The van der Waals surface area contributed by atoms with Gasteiger partial charge in [-0.1, -0.05) is 75.4 Å². The molecule has 0 bridgehead atoms. The van der Waals surface area contributed by atoms with Crippen LogP contribution in [-0.2, 0) is 25.9 Å². The van der Waals surface area contributed by atoms with Gasteiger partial charge in [0.2, 0.25) is 5.88 Å². The second kappa shape index (κ2) is 14.9. The lowest BCUT2D eigenvalue weighted by atomic mass is 9.80. The Labute approximate surface area is 313 Å². The molecule has 2 aromatic heterocycles. The summed E-state index contributed by atoms with van der Waals surface area (Å²) < 4.78 is 40.4. The average Bonchev–Trinajstić information content (AvgIpc) is 3.67. The van der Waals surface area contributed by atoms with E-state index in [1.165, 1.54) is 6.33 Å². The lowest BCUT2D eigenvalue weighted by Gasteiger charge is -2.40. The van der Waals surface area contributed by atoms with Crippen molar-refractivity contribution in [1.82, 2.24) is 14.5 Å². The zero-order chi connectivity index (χ0) is 37.4. The fourth-order valence-electron chi connectivity index (χ4n) is 7.22. The van der Waals surface area contributed by atoms with Crippen LogP contribution in [0, 0.1) is 0 Å². The van der Waals surface area contributed by atoms with E-state index in [2.05, 4.69) is 57.2 Å². The Morgan fingerprint density at radius 1 is 0.849 bits per heavy atom. The monoisotopic (exact) mass is 737 g/mol. The van der Waals surface area contributed by atoms with E-state index in [4.69, 9.17) is 33.1 Å². The van der Waals surface area contributed by atoms with E-state index in [1.54, 1.807) is 14.2 Å². The smallest absolute Gasteiger partial charge is 0.226 e. The average molecular weight is 738 g/mol. The number of rotatable bonds is 11. The van der Waals surface area contributed by atoms with Gasteiger partial charge in [-0.2, -0.15) is 0 Å². The summed E-state index contributed by atoms with van der Waals surface area (Å²) in [4.78, 5) is 9.23. The number of nitrogens with zero attached hydrogens (tertiary/aromatic N) is 3. The Morgan fingerprint density at radius 3 is 2.08 bits per heavy atom. The zero-order valence-corrected chi connectivity index (χ0v) is 32.7. The summed E-state index contributed by atoms with van der Waals surface area (Å²) in [5.74, 6) is 2.05. The largest absolute Gasteiger partial charge is 0.497 e. The van der Waals surface area contributed by atoms with Gasteiger partial charge >= 0.3 is 0 Å². The minimum atomic E-state index is -2.41. The third-order valence-electron chi connectivity index (χ3n) is 11.2. The predicted molar refractivity (Wildman–Crippen MR) is 206 cm³/mol. The van der Waals surface area contributed by atoms with Crippen LogP contribution >= 0.6 is 0 Å². The molecule has 53 heavy (non-hydrogen) atoms. The van der Waals surface area contributed by atoms with Gasteiger partial charge in [-0.15, -0.1) is 0 Å². The highest BCUT2D eigenvalue weighted by Gasteiger charge is 2.52. The molecule has 4 heterocycles. The Bertz CT molecular complexity index is 1950. The summed E-state index contributed by atoms with van der Waals surface area (Å²) in [7, 11) is 0.898. The number of aliphatic hydroxyl groups is 1. The lowest BCUT2D eigenvalue weighted by Crippen LogP contribution is -2.49. The van der Waals surface area contributed by atoms with Gasteiger partial charge in [0, 0.05) is 6.20 Å². The number of hydrogen-bond acceptors (Lipinski definition) is 9. The van der Waals surface area contributed by atoms with E-state index < -0.39 is 38.5 Å². The van der Waals surface area contributed by atoms with Crippen molar-refractivity contribution in [3.8, 4) is 17.4 Å². The number of ether oxygens (including phenoxy) is 5. The van der Waals surface area contributed by atoms with Gasteiger partial charge in [0.15, 0.2) is 14.5 Å². The molecule has 1 saturated heterocycles. The molecule has 1 fully saturated rings. The first kappa shape index (κ1) is 37.1. The standard InChI is InChI=1S/C42H51N3O7Si/c1-41(2,3)53(6,7)52-37-36(46)34(51-40(37)45-25-28-13-11-12-24-49-39-35(28)38(45)43-27-44-39)26-50-42(29-14-9-8-10-15-29,30-16-20-32(47-4)21-17-30)31-18-22-33(48-5)23-19-31/h8-10,14-23,25,27,34,36-37,40,46H,11-13,24,26H2,1-7H3/t34-,36-,37-,40-/m1/s1. The number of benzene rings is 3. The summed E-state index contributed by atoms with van der Waals surface area (Å²) in [6.07, 6.45) is 3.29. The number of aliphatic hydroxyl groups excluding tert-OH is 1. The molecule has 2 aliphatic rings. The summed E-state index contributed by atoms with van der Waals surface area (Å²) in [5, 5.41) is 13.1. The van der Waals surface area contributed by atoms with E-state index in [1.807, 2.05) is 71.3 Å². The molecular weight excluding hydrogens is 687 g/mol. The molecule has 2 aliphatic heterocycles. The van der Waals surface area contributed by atoms with Gasteiger partial charge in [0.25, 0.3) is 0 Å². The highest BCUT2D eigenvalue weighted by molar-refractivity contribution is 6.74. The van der Waals surface area contributed by atoms with Crippen LogP contribution in [0.2, 0.25) is 18.1 Å². The van der Waals surface area contributed by atoms with Crippen molar-refractivity contribution in [2.75, 3.05) is 27.4 Å². The first-order valence-electron chi connectivity index (χ1n) is 18.4. The molecule has 0 spiro atoms. The van der Waals surface area contributed by atoms with Gasteiger partial charge in [0.1, 0.15) is 47.4 Å². The van der Waals surface area contributed by atoms with Crippen LogP contribution in [0.5, 0.6) is 17.4 Å². The molecule has 0 unspecified atom stereocenters. The highest BCUT2D eigenvalue weighted by atomic mass is 28.4. The highest BCUT2D eigenvalue weighted by Crippen LogP contribution is 2.46. The lowest BCUT2D eigenvalue weighted by molar-refractivity contribution is -0.0939. The summed E-state index contributed by atoms with van der Waals surface area (Å²) in [6.45, 7) is 11.7. The van der Waals surface area contributed by atoms with Gasteiger partial charge < -0.3 is 37.8 Å². The maximum absolute atomic E-state index is 12.3. The Morgan fingerprint density at radius 2 is 1.47 bits per heavy atom. The van der Waals surface area contributed by atoms with Gasteiger partial charge in [0.05, 0.1) is 32.8 Å². The van der Waals surface area contributed by atoms with E-state index in [9.17, 15) is 5.11 Å². The van der Waals surface area contributed by atoms with E-state index in [-0.39, 0.29) is 11.6 Å². The fraction of sp³-hybridized carbons (Fsp3) is 0.429.